The van der Waals surface area contributed by atoms with Crippen molar-refractivity contribution >= 4 is 53.0 Å². The summed E-state index contributed by atoms with van der Waals surface area (Å²) in [5.74, 6) is 0.324. The van der Waals surface area contributed by atoms with Gasteiger partial charge in [-0.15, -0.1) is 11.3 Å². The summed E-state index contributed by atoms with van der Waals surface area (Å²) in [6.07, 6.45) is 3.54. The SMILES string of the molecule is CCCNC(c1cc(Br)sc1Br)C1CCCCS1(=O)=O. The van der Waals surface area contributed by atoms with Crippen molar-refractivity contribution in [3.05, 3.63) is 19.2 Å². The van der Waals surface area contributed by atoms with Gasteiger partial charge in [0.25, 0.3) is 0 Å². The topological polar surface area (TPSA) is 46.2 Å². The molecule has 3 nitrogen and oxygen atoms in total. The molecule has 0 bridgehead atoms. The molecule has 2 rings (SSSR count). The van der Waals surface area contributed by atoms with Crippen LogP contribution in [0.1, 0.15) is 44.2 Å². The lowest BCUT2D eigenvalue weighted by molar-refractivity contribution is 0.446. The molecule has 1 fully saturated rings. The highest BCUT2D eigenvalue weighted by Crippen LogP contribution is 2.40. The van der Waals surface area contributed by atoms with Crippen molar-refractivity contribution in [3.8, 4) is 0 Å². The van der Waals surface area contributed by atoms with Crippen LogP contribution in [0.2, 0.25) is 0 Å². The predicted octanol–water partition coefficient (Wildman–Crippen LogP) is 4.28. The van der Waals surface area contributed by atoms with E-state index in [0.717, 1.165) is 45.4 Å². The molecule has 1 aromatic rings. The number of nitrogens with one attached hydrogen (secondary N) is 1. The van der Waals surface area contributed by atoms with Crippen molar-refractivity contribution in [3.63, 3.8) is 0 Å². The fraction of sp³-hybridized carbons (Fsp3) is 0.692. The van der Waals surface area contributed by atoms with Crippen LogP contribution in [0.25, 0.3) is 0 Å². The lowest BCUT2D eigenvalue weighted by Crippen LogP contribution is -2.40. The van der Waals surface area contributed by atoms with Gasteiger partial charge < -0.3 is 5.32 Å². The van der Waals surface area contributed by atoms with Crippen molar-refractivity contribution in [1.82, 2.24) is 5.32 Å². The zero-order chi connectivity index (χ0) is 14.8. The molecule has 0 radical (unpaired) electrons. The van der Waals surface area contributed by atoms with Crippen LogP contribution in [0.4, 0.5) is 0 Å². The standard InChI is InChI=1S/C13H19Br2NO2S2/c1-2-6-16-12(9-8-11(14)19-13(9)15)10-5-3-4-7-20(10,17)18/h8,10,12,16H,2-7H2,1H3. The van der Waals surface area contributed by atoms with E-state index in [9.17, 15) is 8.42 Å². The second-order valence-electron chi connectivity index (χ2n) is 5.11. The molecule has 20 heavy (non-hydrogen) atoms. The Morgan fingerprint density at radius 3 is 2.75 bits per heavy atom. The Kier molecular flexibility index (Phi) is 6.11. The van der Waals surface area contributed by atoms with Gasteiger partial charge in [-0.2, -0.15) is 0 Å². The van der Waals surface area contributed by atoms with E-state index in [1.807, 2.05) is 6.07 Å². The van der Waals surface area contributed by atoms with Crippen LogP contribution in [-0.4, -0.2) is 26.0 Å². The van der Waals surface area contributed by atoms with Crippen molar-refractivity contribution in [2.75, 3.05) is 12.3 Å². The third-order valence-corrected chi connectivity index (χ3v) is 8.31. The third-order valence-electron chi connectivity index (χ3n) is 3.63. The smallest absolute Gasteiger partial charge is 0.155 e. The Morgan fingerprint density at radius 1 is 1.45 bits per heavy atom. The van der Waals surface area contributed by atoms with Gasteiger partial charge in [-0.3, -0.25) is 0 Å². The fourth-order valence-electron chi connectivity index (χ4n) is 2.66. The van der Waals surface area contributed by atoms with Gasteiger partial charge in [0.05, 0.1) is 24.6 Å². The van der Waals surface area contributed by atoms with E-state index >= 15 is 0 Å². The lowest BCUT2D eigenvalue weighted by atomic mass is 10.0. The maximum atomic E-state index is 12.4. The summed E-state index contributed by atoms with van der Waals surface area (Å²) in [7, 11) is -3.00. The summed E-state index contributed by atoms with van der Waals surface area (Å²) < 4.78 is 26.9. The van der Waals surface area contributed by atoms with E-state index in [1.165, 1.54) is 0 Å². The lowest BCUT2D eigenvalue weighted by Gasteiger charge is -2.31. The Morgan fingerprint density at radius 2 is 2.20 bits per heavy atom. The van der Waals surface area contributed by atoms with Gasteiger partial charge >= 0.3 is 0 Å². The molecule has 2 atom stereocenters. The molecule has 1 N–H and O–H groups in total. The molecule has 0 saturated carbocycles. The Hall–Kier alpha value is 0.570. The number of rotatable bonds is 5. The highest BCUT2D eigenvalue weighted by atomic mass is 79.9. The van der Waals surface area contributed by atoms with Gasteiger partial charge in [-0.25, -0.2) is 8.42 Å². The van der Waals surface area contributed by atoms with Crippen LogP contribution in [0.3, 0.4) is 0 Å². The maximum absolute atomic E-state index is 12.4. The van der Waals surface area contributed by atoms with Gasteiger partial charge in [0.1, 0.15) is 0 Å². The van der Waals surface area contributed by atoms with Crippen molar-refractivity contribution < 1.29 is 8.42 Å². The highest BCUT2D eigenvalue weighted by molar-refractivity contribution is 9.12. The molecule has 7 heteroatoms. The van der Waals surface area contributed by atoms with Gasteiger partial charge in [-0.05, 0) is 69.3 Å². The number of hydrogen-bond acceptors (Lipinski definition) is 4. The van der Waals surface area contributed by atoms with Gasteiger partial charge in [0, 0.05) is 0 Å². The highest BCUT2D eigenvalue weighted by Gasteiger charge is 2.37. The summed E-state index contributed by atoms with van der Waals surface area (Å²) in [5, 5.41) is 3.14. The maximum Gasteiger partial charge on any atom is 0.155 e. The second kappa shape index (κ2) is 7.22. The molecular formula is C13H19Br2NO2S2. The largest absolute Gasteiger partial charge is 0.309 e. The molecule has 0 aromatic carbocycles. The Bertz CT molecular complexity index is 557. The zero-order valence-electron chi connectivity index (χ0n) is 11.4. The zero-order valence-corrected chi connectivity index (χ0v) is 16.2. The number of thiophene rings is 1. The van der Waals surface area contributed by atoms with E-state index in [0.29, 0.717) is 5.75 Å². The van der Waals surface area contributed by atoms with E-state index in [-0.39, 0.29) is 11.3 Å². The molecule has 2 heterocycles. The van der Waals surface area contributed by atoms with Gasteiger partial charge in [-0.1, -0.05) is 13.3 Å². The molecule has 1 saturated heterocycles. The monoisotopic (exact) mass is 443 g/mol. The van der Waals surface area contributed by atoms with E-state index < -0.39 is 9.84 Å². The first-order chi connectivity index (χ1) is 9.45. The van der Waals surface area contributed by atoms with Gasteiger partial charge in [0.2, 0.25) is 0 Å². The van der Waals surface area contributed by atoms with E-state index in [1.54, 1.807) is 11.3 Å². The van der Waals surface area contributed by atoms with Crippen LogP contribution in [0, 0.1) is 0 Å². The second-order valence-corrected chi connectivity index (χ2v) is 11.2. The fourth-order valence-corrected chi connectivity index (χ4v) is 7.68. The van der Waals surface area contributed by atoms with E-state index in [2.05, 4.69) is 44.1 Å². The first kappa shape index (κ1) is 16.9. The van der Waals surface area contributed by atoms with Crippen LogP contribution in [0.15, 0.2) is 13.6 Å². The molecule has 2 unspecified atom stereocenters. The quantitative estimate of drug-likeness (QED) is 0.736. The normalized spacial score (nSPS) is 23.6. The molecule has 114 valence electrons. The first-order valence-corrected chi connectivity index (χ1v) is 11.0. The first-order valence-electron chi connectivity index (χ1n) is 6.85. The molecular weight excluding hydrogens is 426 g/mol. The average molecular weight is 445 g/mol. The molecule has 0 amide bonds. The van der Waals surface area contributed by atoms with Crippen molar-refractivity contribution in [2.45, 2.75) is 43.9 Å². The summed E-state index contributed by atoms with van der Waals surface area (Å²) in [6, 6.07) is 1.92. The summed E-state index contributed by atoms with van der Waals surface area (Å²) in [5.41, 5.74) is 1.06. The van der Waals surface area contributed by atoms with Crippen molar-refractivity contribution in [2.24, 2.45) is 0 Å². The van der Waals surface area contributed by atoms with Crippen LogP contribution < -0.4 is 5.32 Å². The molecule has 1 aliphatic rings. The summed E-state index contributed by atoms with van der Waals surface area (Å²) >= 11 is 8.64. The minimum absolute atomic E-state index is 0.114. The van der Waals surface area contributed by atoms with Crippen molar-refractivity contribution in [1.29, 1.82) is 0 Å². The third kappa shape index (κ3) is 3.85. The predicted molar refractivity (Wildman–Crippen MR) is 92.2 cm³/mol. The van der Waals surface area contributed by atoms with E-state index in [4.69, 9.17) is 0 Å². The summed E-state index contributed by atoms with van der Waals surface area (Å²) in [4.78, 5) is 0. The Balaban J connectivity index is 2.34. The average Bonchev–Trinajstić information content (AvgIpc) is 2.70. The molecule has 1 aromatic heterocycles. The minimum atomic E-state index is -3.00. The minimum Gasteiger partial charge on any atom is -0.309 e. The van der Waals surface area contributed by atoms with Crippen LogP contribution in [0.5, 0.6) is 0 Å². The molecule has 0 spiro atoms. The number of halogens is 2. The molecule has 1 aliphatic heterocycles. The van der Waals surface area contributed by atoms with Crippen LogP contribution >= 0.6 is 43.2 Å². The van der Waals surface area contributed by atoms with Crippen LogP contribution in [-0.2, 0) is 9.84 Å². The van der Waals surface area contributed by atoms with Gasteiger partial charge in [0.15, 0.2) is 9.84 Å². The number of sulfone groups is 1. The molecule has 0 aliphatic carbocycles. The number of hydrogen-bond donors (Lipinski definition) is 1. The Labute approximate surface area is 141 Å². The summed E-state index contributed by atoms with van der Waals surface area (Å²) in [6.45, 7) is 2.93.